The van der Waals surface area contributed by atoms with Gasteiger partial charge in [0.2, 0.25) is 0 Å². The molecule has 28 heavy (non-hydrogen) atoms. The number of carbonyl (C=O) groups is 1. The maximum atomic E-state index is 12.3. The van der Waals surface area contributed by atoms with Crippen LogP contribution in [-0.2, 0) is 0 Å². The molecule has 0 aliphatic rings. The number of benzene rings is 2. The molecule has 0 bridgehead atoms. The van der Waals surface area contributed by atoms with Crippen molar-refractivity contribution in [3.05, 3.63) is 56.7 Å². The molecule has 0 unspecified atom stereocenters. The van der Waals surface area contributed by atoms with Gasteiger partial charge >= 0.3 is 5.91 Å². The minimum atomic E-state index is -0.435. The molecule has 8 heteroatoms. The summed E-state index contributed by atoms with van der Waals surface area (Å²) in [6, 6.07) is 10.8. The van der Waals surface area contributed by atoms with Gasteiger partial charge < -0.3 is 13.9 Å². The Morgan fingerprint density at radius 3 is 2.54 bits per heavy atom. The predicted molar refractivity (Wildman–Crippen MR) is 115 cm³/mol. The number of halogens is 2. The number of furan rings is 1. The SMILES string of the molecule is CCOc1cc(Br)c(/C=N/NC(=O)c2cc3cc(Br)ccc3o2)cc1OCC. The van der Waals surface area contributed by atoms with Crippen LogP contribution in [-0.4, -0.2) is 25.3 Å². The second kappa shape index (κ2) is 9.25. The molecular formula is C20H18Br2N2O4. The average molecular weight is 510 g/mol. The van der Waals surface area contributed by atoms with Crippen molar-refractivity contribution in [3.8, 4) is 11.5 Å². The number of hydrogen-bond donors (Lipinski definition) is 1. The first-order valence-corrected chi connectivity index (χ1v) is 10.2. The number of ether oxygens (including phenoxy) is 2. The van der Waals surface area contributed by atoms with E-state index in [1.54, 1.807) is 18.2 Å². The smallest absolute Gasteiger partial charge is 0.307 e. The molecular weight excluding hydrogens is 492 g/mol. The number of carbonyl (C=O) groups excluding carboxylic acids is 1. The van der Waals surface area contributed by atoms with Crippen LogP contribution >= 0.6 is 31.9 Å². The molecule has 1 aromatic heterocycles. The van der Waals surface area contributed by atoms with Gasteiger partial charge in [-0.3, -0.25) is 4.79 Å². The van der Waals surface area contributed by atoms with E-state index in [2.05, 4.69) is 42.4 Å². The highest BCUT2D eigenvalue weighted by molar-refractivity contribution is 9.10. The van der Waals surface area contributed by atoms with Gasteiger partial charge in [-0.25, -0.2) is 5.43 Å². The first kappa shape index (κ1) is 20.4. The Kier molecular flexibility index (Phi) is 6.74. The summed E-state index contributed by atoms with van der Waals surface area (Å²) in [6.07, 6.45) is 1.53. The topological polar surface area (TPSA) is 73.1 Å². The Balaban J connectivity index is 1.75. The second-order valence-corrected chi connectivity index (χ2v) is 7.45. The van der Waals surface area contributed by atoms with Gasteiger partial charge in [0.25, 0.3) is 0 Å². The van der Waals surface area contributed by atoms with E-state index in [1.165, 1.54) is 6.21 Å². The van der Waals surface area contributed by atoms with E-state index >= 15 is 0 Å². The molecule has 0 aliphatic heterocycles. The molecule has 0 atom stereocenters. The Labute approximate surface area is 179 Å². The molecule has 0 radical (unpaired) electrons. The fraction of sp³-hybridized carbons (Fsp3) is 0.200. The quantitative estimate of drug-likeness (QED) is 0.336. The molecule has 6 nitrogen and oxygen atoms in total. The Hall–Kier alpha value is -2.32. The summed E-state index contributed by atoms with van der Waals surface area (Å²) in [7, 11) is 0. The van der Waals surface area contributed by atoms with Crippen LogP contribution < -0.4 is 14.9 Å². The molecule has 0 aliphatic carbocycles. The second-order valence-electron chi connectivity index (χ2n) is 5.68. The predicted octanol–water partition coefficient (Wildman–Crippen LogP) is 5.52. The van der Waals surface area contributed by atoms with E-state index in [4.69, 9.17) is 13.9 Å². The number of hydrazone groups is 1. The first-order chi connectivity index (χ1) is 13.5. The van der Waals surface area contributed by atoms with Crippen LogP contribution in [0.5, 0.6) is 11.5 Å². The van der Waals surface area contributed by atoms with Crippen molar-refractivity contribution in [2.24, 2.45) is 5.10 Å². The molecule has 3 rings (SSSR count). The van der Waals surface area contributed by atoms with Crippen LogP contribution in [0.3, 0.4) is 0 Å². The summed E-state index contributed by atoms with van der Waals surface area (Å²) in [6.45, 7) is 4.85. The number of fused-ring (bicyclic) bond motifs is 1. The van der Waals surface area contributed by atoms with Crippen LogP contribution in [0.1, 0.15) is 30.0 Å². The summed E-state index contributed by atoms with van der Waals surface area (Å²) in [5.74, 6) is 1.01. The highest BCUT2D eigenvalue weighted by atomic mass is 79.9. The molecule has 3 aromatic rings. The summed E-state index contributed by atoms with van der Waals surface area (Å²) < 4.78 is 18.4. The zero-order chi connectivity index (χ0) is 20.1. The maximum Gasteiger partial charge on any atom is 0.307 e. The van der Waals surface area contributed by atoms with E-state index in [-0.39, 0.29) is 5.76 Å². The average Bonchev–Trinajstić information content (AvgIpc) is 3.08. The van der Waals surface area contributed by atoms with Gasteiger partial charge in [-0.2, -0.15) is 5.10 Å². The summed E-state index contributed by atoms with van der Waals surface area (Å²) in [5, 5.41) is 4.86. The lowest BCUT2D eigenvalue weighted by molar-refractivity contribution is 0.0929. The van der Waals surface area contributed by atoms with E-state index in [0.717, 1.165) is 19.9 Å². The Bertz CT molecular complexity index is 1030. The standard InChI is InChI=1S/C20H18Br2N2O4/c1-3-26-17-9-13(15(22)10-18(17)27-4-2)11-23-24-20(25)19-8-12-7-14(21)5-6-16(12)28-19/h5-11H,3-4H2,1-2H3,(H,24,25)/b23-11+. The third-order valence-electron chi connectivity index (χ3n) is 3.73. The van der Waals surface area contributed by atoms with Gasteiger partial charge in [0, 0.05) is 19.9 Å². The summed E-state index contributed by atoms with van der Waals surface area (Å²) in [5.41, 5.74) is 3.84. The minimum absolute atomic E-state index is 0.186. The highest BCUT2D eigenvalue weighted by Crippen LogP contribution is 2.33. The number of rotatable bonds is 7. The molecule has 0 saturated heterocycles. The van der Waals surface area contributed by atoms with Crippen molar-refractivity contribution in [2.75, 3.05) is 13.2 Å². The van der Waals surface area contributed by atoms with Crippen LogP contribution in [0, 0.1) is 0 Å². The molecule has 1 N–H and O–H groups in total. The van der Waals surface area contributed by atoms with Gasteiger partial charge in [-0.05, 0) is 66.2 Å². The van der Waals surface area contributed by atoms with Crippen LogP contribution in [0.2, 0.25) is 0 Å². The van der Waals surface area contributed by atoms with Gasteiger partial charge in [0.15, 0.2) is 17.3 Å². The summed E-state index contributed by atoms with van der Waals surface area (Å²) >= 11 is 6.88. The largest absolute Gasteiger partial charge is 0.490 e. The molecule has 1 amide bonds. The van der Waals surface area contributed by atoms with E-state index in [9.17, 15) is 4.79 Å². The molecule has 0 spiro atoms. The van der Waals surface area contributed by atoms with Crippen LogP contribution in [0.4, 0.5) is 0 Å². The highest BCUT2D eigenvalue weighted by Gasteiger charge is 2.13. The molecule has 0 fully saturated rings. The van der Waals surface area contributed by atoms with Crippen LogP contribution in [0.25, 0.3) is 11.0 Å². The fourth-order valence-electron chi connectivity index (χ4n) is 2.53. The van der Waals surface area contributed by atoms with Gasteiger partial charge in [0.05, 0.1) is 19.4 Å². The van der Waals surface area contributed by atoms with Crippen molar-refractivity contribution in [3.63, 3.8) is 0 Å². The van der Waals surface area contributed by atoms with Gasteiger partial charge in [-0.15, -0.1) is 0 Å². The minimum Gasteiger partial charge on any atom is -0.490 e. The van der Waals surface area contributed by atoms with Crippen molar-refractivity contribution >= 4 is 55.0 Å². The van der Waals surface area contributed by atoms with E-state index in [1.807, 2.05) is 32.0 Å². The molecule has 146 valence electrons. The molecule has 1 heterocycles. The van der Waals surface area contributed by atoms with Crippen LogP contribution in [0.15, 0.2) is 54.9 Å². The molecule has 0 saturated carbocycles. The van der Waals surface area contributed by atoms with Gasteiger partial charge in [-0.1, -0.05) is 15.9 Å². The first-order valence-electron chi connectivity index (χ1n) is 8.63. The molecule has 2 aromatic carbocycles. The zero-order valence-electron chi connectivity index (χ0n) is 15.3. The maximum absolute atomic E-state index is 12.3. The van der Waals surface area contributed by atoms with Crippen molar-refractivity contribution < 1.29 is 18.7 Å². The normalized spacial score (nSPS) is 11.1. The zero-order valence-corrected chi connectivity index (χ0v) is 18.5. The lowest BCUT2D eigenvalue weighted by Gasteiger charge is -2.12. The fourth-order valence-corrected chi connectivity index (χ4v) is 3.33. The van der Waals surface area contributed by atoms with Crippen molar-refractivity contribution in [2.45, 2.75) is 13.8 Å². The van der Waals surface area contributed by atoms with Gasteiger partial charge in [0.1, 0.15) is 5.58 Å². The van der Waals surface area contributed by atoms with Crippen molar-refractivity contribution in [1.82, 2.24) is 5.43 Å². The number of amides is 1. The third-order valence-corrected chi connectivity index (χ3v) is 4.91. The third kappa shape index (κ3) is 4.74. The number of nitrogens with one attached hydrogen (secondary N) is 1. The monoisotopic (exact) mass is 508 g/mol. The van der Waals surface area contributed by atoms with E-state index < -0.39 is 5.91 Å². The number of nitrogens with zero attached hydrogens (tertiary/aromatic N) is 1. The summed E-state index contributed by atoms with van der Waals surface area (Å²) in [4.78, 5) is 12.3. The lowest BCUT2D eigenvalue weighted by atomic mass is 10.2. The van der Waals surface area contributed by atoms with E-state index in [0.29, 0.717) is 30.3 Å². The lowest BCUT2D eigenvalue weighted by Crippen LogP contribution is -2.16. The number of hydrogen-bond acceptors (Lipinski definition) is 5. The Morgan fingerprint density at radius 2 is 1.82 bits per heavy atom. The van der Waals surface area contributed by atoms with Crippen molar-refractivity contribution in [1.29, 1.82) is 0 Å². The Morgan fingerprint density at radius 1 is 1.11 bits per heavy atom.